The van der Waals surface area contributed by atoms with Crippen LogP contribution in [0.5, 0.6) is 0 Å². The van der Waals surface area contributed by atoms with Crippen molar-refractivity contribution in [2.24, 2.45) is 21.7 Å². The number of rotatable bonds is 8. The predicted octanol–water partition coefficient (Wildman–Crippen LogP) is 14.2. The van der Waals surface area contributed by atoms with Gasteiger partial charge in [-0.2, -0.15) is 0 Å². The molecule has 12 aromatic heterocycles. The Hall–Kier alpha value is -10.4. The molecular weight excluding hydrogens is 1920 g/mol. The predicted molar refractivity (Wildman–Crippen MR) is 522 cm³/mol. The number of nitrogens with two attached hydrogens (primary N) is 2. The van der Waals surface area contributed by atoms with Crippen molar-refractivity contribution in [2.45, 2.75) is 164 Å². The van der Waals surface area contributed by atoms with E-state index in [0.717, 1.165) is 140 Å². The van der Waals surface area contributed by atoms with Crippen molar-refractivity contribution in [1.82, 2.24) is 88.3 Å². The van der Waals surface area contributed by atoms with Crippen LogP contribution in [0.1, 0.15) is 122 Å². The molecule has 13 N–H and O–H groups in total. The molecule has 31 nitrogen and oxygen atoms in total. The minimum atomic E-state index is -1.05. The summed E-state index contributed by atoms with van der Waals surface area (Å²) in [7, 11) is 2.07. The minimum Gasteiger partial charge on any atom is -0.390 e. The second kappa shape index (κ2) is 34.4. The molecule has 24 rings (SSSR count). The van der Waals surface area contributed by atoms with Gasteiger partial charge in [0.1, 0.15) is 94.3 Å². The molecule has 4 aromatic carbocycles. The number of carbonyl (C=O) groups excluding carboxylic acids is 1. The Morgan fingerprint density at radius 1 is 0.418 bits per heavy atom. The number of hydrogen-bond donors (Lipinski definition) is 11. The summed E-state index contributed by atoms with van der Waals surface area (Å²) in [5.74, 6) is 0.537. The van der Waals surface area contributed by atoms with Gasteiger partial charge in [0.15, 0.2) is 0 Å². The van der Waals surface area contributed by atoms with Crippen LogP contribution in [0.3, 0.4) is 0 Å². The van der Waals surface area contributed by atoms with E-state index in [1.807, 2.05) is 168 Å². The first-order chi connectivity index (χ1) is 64.3. The number of carbonyl (C=O) groups is 1. The molecule has 1 amide bonds. The summed E-state index contributed by atoms with van der Waals surface area (Å²) in [6.45, 7) is 10.9. The summed E-state index contributed by atoms with van der Waals surface area (Å²) in [6.07, 6.45) is 11.6. The van der Waals surface area contributed by atoms with Crippen LogP contribution in [0.2, 0.25) is 20.4 Å². The number of nitrogens with one attached hydrogen (secondary N) is 1. The molecular formula is C97H96Br2Cl4N22O9. The summed E-state index contributed by atoms with van der Waals surface area (Å²) >= 11 is 31.4. The number of nitrogen functional groups attached to an aromatic ring is 2. The Labute approximate surface area is 804 Å². The van der Waals surface area contributed by atoms with Crippen molar-refractivity contribution in [2.75, 3.05) is 61.0 Å². The number of nitrogens with zero attached hydrogens (tertiary/aromatic N) is 19. The molecule has 16 aromatic rings. The van der Waals surface area contributed by atoms with Crippen LogP contribution in [-0.2, 0) is 4.79 Å². The molecule has 690 valence electrons. The molecule has 134 heavy (non-hydrogen) atoms. The van der Waals surface area contributed by atoms with Gasteiger partial charge in [0, 0.05) is 152 Å². The van der Waals surface area contributed by atoms with Crippen LogP contribution in [0.25, 0.3) is 87.7 Å². The van der Waals surface area contributed by atoms with Gasteiger partial charge < -0.3 is 85.7 Å². The van der Waals surface area contributed by atoms with Crippen LogP contribution in [0.4, 0.5) is 23.0 Å². The lowest BCUT2D eigenvalue weighted by Gasteiger charge is -2.29. The van der Waals surface area contributed by atoms with Gasteiger partial charge in [-0.25, -0.2) is 59.8 Å². The molecule has 18 unspecified atom stereocenters. The Bertz CT molecular complexity index is 7190. The van der Waals surface area contributed by atoms with Crippen molar-refractivity contribution in [3.8, 4) is 0 Å². The first-order valence-electron chi connectivity index (χ1n) is 44.6. The zero-order chi connectivity index (χ0) is 93.4. The molecule has 4 saturated carbocycles. The molecule has 4 aliphatic carbocycles. The van der Waals surface area contributed by atoms with Crippen LogP contribution >= 0.6 is 78.3 Å². The van der Waals surface area contributed by atoms with Gasteiger partial charge in [0.05, 0.1) is 112 Å². The first-order valence-corrected chi connectivity index (χ1v) is 47.7. The lowest BCUT2D eigenvalue weighted by atomic mass is 9.80. The van der Waals surface area contributed by atoms with Crippen molar-refractivity contribution in [3.63, 3.8) is 0 Å². The number of pyridine rings is 4. The lowest BCUT2D eigenvalue weighted by molar-refractivity contribution is -0.118. The molecule has 8 aliphatic rings. The van der Waals surface area contributed by atoms with Crippen LogP contribution in [0, 0.1) is 49.4 Å². The standard InChI is InChI=1S/C25H27ClN6O2.C24H21BrClN5O3.C24H23BrClN5O2.C24H25ClN6O2/c1-13-16-5-6-32(24(16)29-12-28-13)20-10-25(22(34)21(20)33)9-19(31(2)11-25)15-4-3-14-7-17(26)23(27)30-18(14)8-15;1-12-15-4-5-30(23(15)28-11-27-12)18-8-24(21(34)20(18)33)9-19(32)31(10-24)14-3-2-13-6-16(25)22(26)29-17(13)7-14;1-13-16-4-6-31(23(16)28-12-27-13)19-10-24(21(33)20(19)32)5-7-30(11-24)15-3-2-14-8-17(25)22(26)29-18(14)9-15;1-12-15-4-5-31(23(15)29-11-28-12)19-9-24(21(33)20(19)32)8-18(27-10-24)14-3-2-13-6-16(25)22(26)30-17(13)7-14/h3-8,12,19-22,33-34H,9-11H2,1-2H3,(H2,27,30);2-7,11,18,20-21,33-34H,8-10H2,1H3;2-4,6,8-9,12,19-21,32-33H,5,7,10-11H2,1H3;2-7,11,18-21,27,32-33H,8-10H2,1H3,(H2,26,30). The van der Waals surface area contributed by atoms with Crippen LogP contribution < -0.4 is 26.6 Å². The van der Waals surface area contributed by atoms with Crippen LogP contribution in [0.15, 0.2) is 180 Å². The summed E-state index contributed by atoms with van der Waals surface area (Å²) in [5.41, 5.74) is 23.5. The number of aliphatic hydroxyl groups excluding tert-OH is 8. The molecule has 0 bridgehead atoms. The average molecular weight is 2020 g/mol. The fourth-order valence-electron chi connectivity index (χ4n) is 23.2. The summed E-state index contributed by atoms with van der Waals surface area (Å²) < 4.78 is 9.39. The summed E-state index contributed by atoms with van der Waals surface area (Å²) in [4.78, 5) is 71.9. The van der Waals surface area contributed by atoms with E-state index in [9.17, 15) is 45.6 Å². The zero-order valence-electron chi connectivity index (χ0n) is 73.3. The summed E-state index contributed by atoms with van der Waals surface area (Å²) in [5, 5.41) is 102. The average Bonchev–Trinajstić information content (AvgIpc) is 1.59. The van der Waals surface area contributed by atoms with E-state index in [2.05, 4.69) is 138 Å². The van der Waals surface area contributed by atoms with Gasteiger partial charge >= 0.3 is 0 Å². The number of amides is 1. The zero-order valence-corrected chi connectivity index (χ0v) is 79.5. The maximum absolute atomic E-state index is 13.1. The van der Waals surface area contributed by atoms with E-state index in [1.165, 1.54) is 6.33 Å². The molecule has 18 atom stereocenters. The number of aromatic nitrogens is 16. The van der Waals surface area contributed by atoms with E-state index >= 15 is 0 Å². The number of halogens is 6. The maximum atomic E-state index is 13.1. The fraction of sp³-hybridized carbons (Fsp3) is 0.371. The molecule has 8 fully saturated rings. The largest absolute Gasteiger partial charge is 0.390 e. The van der Waals surface area contributed by atoms with Crippen molar-refractivity contribution in [3.05, 3.63) is 235 Å². The highest BCUT2D eigenvalue weighted by molar-refractivity contribution is 9.11. The monoisotopic (exact) mass is 2010 g/mol. The Morgan fingerprint density at radius 2 is 0.806 bits per heavy atom. The van der Waals surface area contributed by atoms with E-state index in [1.54, 1.807) is 23.9 Å². The van der Waals surface area contributed by atoms with Gasteiger partial charge in [-0.1, -0.05) is 82.8 Å². The molecule has 0 radical (unpaired) electrons. The third kappa shape index (κ3) is 15.3. The highest BCUT2D eigenvalue weighted by Crippen LogP contribution is 2.59. The molecule has 4 saturated heterocycles. The minimum absolute atomic E-state index is 0.0414. The summed E-state index contributed by atoms with van der Waals surface area (Å²) in [6, 6.07) is 38.4. The Morgan fingerprint density at radius 3 is 1.29 bits per heavy atom. The number of anilines is 4. The van der Waals surface area contributed by atoms with Gasteiger partial charge in [-0.05, 0) is 208 Å². The van der Waals surface area contributed by atoms with Crippen LogP contribution in [-0.4, -0.2) is 218 Å². The number of aliphatic hydroxyl groups is 8. The molecule has 16 heterocycles. The number of benzene rings is 4. The third-order valence-corrected chi connectivity index (χ3v) is 33.2. The second-order valence-electron chi connectivity index (χ2n) is 37.9. The molecule has 37 heteroatoms. The topological polar surface area (TPSA) is 427 Å². The molecule has 4 aliphatic heterocycles. The third-order valence-electron chi connectivity index (χ3n) is 30.3. The number of fused-ring (bicyclic) bond motifs is 8. The second-order valence-corrected chi connectivity index (χ2v) is 41.2. The number of hydrogen-bond acceptors (Lipinski definition) is 26. The van der Waals surface area contributed by atoms with E-state index in [4.69, 9.17) is 57.9 Å². The van der Waals surface area contributed by atoms with Crippen molar-refractivity contribution in [1.29, 1.82) is 0 Å². The maximum Gasteiger partial charge on any atom is 0.227 e. The first kappa shape index (κ1) is 90.1. The van der Waals surface area contributed by atoms with E-state index in [0.29, 0.717) is 112 Å². The van der Waals surface area contributed by atoms with Crippen molar-refractivity contribution >= 4 is 195 Å². The van der Waals surface area contributed by atoms with Crippen molar-refractivity contribution < 1.29 is 45.6 Å². The number of aryl methyl sites for hydroxylation is 4. The normalized spacial score (nSPS) is 28.4. The highest BCUT2D eigenvalue weighted by Gasteiger charge is 2.62. The smallest absolute Gasteiger partial charge is 0.227 e. The van der Waals surface area contributed by atoms with Gasteiger partial charge in [0.25, 0.3) is 0 Å². The SMILES string of the molecule is Cc1ncnc2c1ccn2C1CC2(CC(=O)N(c3ccc4cc(Br)c(Cl)nc4c3)C2)C(O)C1O.Cc1ncnc2c1ccn2C1CC2(CC(c3ccc4cc(Cl)c(N)nc4c3)N(C)C2)C(O)C1O.Cc1ncnc2c1ccn2C1CC2(CCN(c3ccc4cc(Br)c(Cl)nc4c3)C2)C(O)C1O.Cc1ncnc2c1ccn2C1CC2(CNC(c3ccc4cc(Cl)c(N)nc4c3)C2)C(O)C1O. The molecule has 4 spiro atoms. The quantitative estimate of drug-likeness (QED) is 0.0629. The van der Waals surface area contributed by atoms with Gasteiger partial charge in [-0.3, -0.25) is 9.69 Å². The van der Waals surface area contributed by atoms with E-state index < -0.39 is 71.1 Å². The van der Waals surface area contributed by atoms with E-state index in [-0.39, 0.29) is 48.0 Å². The number of likely N-dealkylation sites (tertiary alicyclic amines) is 1. The fourth-order valence-corrected chi connectivity index (χ4v) is 24.5. The Kier molecular flexibility index (Phi) is 23.1. The highest BCUT2D eigenvalue weighted by atomic mass is 79.9. The van der Waals surface area contributed by atoms with Gasteiger partial charge in [-0.15, -0.1) is 0 Å². The Balaban J connectivity index is 0.000000107. The van der Waals surface area contributed by atoms with Gasteiger partial charge in [0.2, 0.25) is 5.91 Å². The lowest BCUT2D eigenvalue weighted by Crippen LogP contribution is -2.38.